The molecule has 0 amide bonds. The van der Waals surface area contributed by atoms with Gasteiger partial charge in [-0.25, -0.2) is 0 Å². The van der Waals surface area contributed by atoms with E-state index in [1.807, 2.05) is 48.5 Å². The van der Waals surface area contributed by atoms with Gasteiger partial charge < -0.3 is 9.47 Å². The summed E-state index contributed by atoms with van der Waals surface area (Å²) in [7, 11) is 0. The monoisotopic (exact) mass is 381 g/mol. The van der Waals surface area contributed by atoms with Crippen molar-refractivity contribution in [2.75, 3.05) is 6.79 Å². The number of benzene rings is 2. The van der Waals surface area contributed by atoms with Crippen LogP contribution in [0.5, 0.6) is 11.5 Å². The highest BCUT2D eigenvalue weighted by molar-refractivity contribution is 5.77. The number of fused-ring (bicyclic) bond motifs is 1. The maximum Gasteiger partial charge on any atom is 0.231 e. The van der Waals surface area contributed by atoms with Crippen molar-refractivity contribution in [3.05, 3.63) is 78.0 Å². The lowest BCUT2D eigenvalue weighted by Crippen LogP contribution is -2.04. The van der Waals surface area contributed by atoms with Gasteiger partial charge in [0.05, 0.1) is 23.9 Å². The molecule has 0 aliphatic carbocycles. The van der Waals surface area contributed by atoms with Crippen molar-refractivity contribution in [3.8, 4) is 40.2 Å². The van der Waals surface area contributed by atoms with E-state index in [9.17, 15) is 0 Å². The smallest absolute Gasteiger partial charge is 0.231 e. The molecule has 1 aliphatic heterocycles. The molecule has 0 spiro atoms. The molecular formula is C22H15N5O2. The van der Waals surface area contributed by atoms with Crippen LogP contribution in [0, 0.1) is 11.3 Å². The number of aromatic nitrogens is 4. The minimum atomic E-state index is 0.220. The Hall–Kier alpha value is -4.18. The molecular weight excluding hydrogens is 366 g/mol. The largest absolute Gasteiger partial charge is 0.454 e. The number of pyridine rings is 1. The molecule has 1 aliphatic rings. The van der Waals surface area contributed by atoms with E-state index in [2.05, 4.69) is 11.1 Å². The van der Waals surface area contributed by atoms with Crippen molar-refractivity contribution in [1.29, 1.82) is 5.26 Å². The van der Waals surface area contributed by atoms with E-state index in [0.29, 0.717) is 23.6 Å². The van der Waals surface area contributed by atoms with E-state index in [1.165, 1.54) is 0 Å². The highest BCUT2D eigenvalue weighted by Gasteiger charge is 2.20. The molecule has 0 saturated heterocycles. The van der Waals surface area contributed by atoms with Crippen LogP contribution in [0.2, 0.25) is 0 Å². The van der Waals surface area contributed by atoms with Gasteiger partial charge in [-0.2, -0.15) is 20.3 Å². The lowest BCUT2D eigenvalue weighted by molar-refractivity contribution is 0.174. The van der Waals surface area contributed by atoms with E-state index in [0.717, 1.165) is 28.3 Å². The molecule has 140 valence electrons. The first-order valence-electron chi connectivity index (χ1n) is 9.06. The van der Waals surface area contributed by atoms with Crippen LogP contribution in [0.25, 0.3) is 22.6 Å². The Morgan fingerprint density at radius 1 is 0.931 bits per heavy atom. The maximum absolute atomic E-state index is 8.97. The Bertz CT molecular complexity index is 1210. The van der Waals surface area contributed by atoms with Gasteiger partial charge in [0.1, 0.15) is 11.4 Å². The van der Waals surface area contributed by atoms with Crippen LogP contribution in [0.1, 0.15) is 11.1 Å². The van der Waals surface area contributed by atoms with Crippen LogP contribution in [-0.2, 0) is 6.54 Å². The highest BCUT2D eigenvalue weighted by atomic mass is 16.7. The zero-order valence-electron chi connectivity index (χ0n) is 15.3. The molecule has 0 bridgehead atoms. The molecule has 3 heterocycles. The zero-order valence-corrected chi connectivity index (χ0v) is 15.3. The Labute approximate surface area is 166 Å². The number of hydrogen-bond acceptors (Lipinski definition) is 6. The van der Waals surface area contributed by atoms with Crippen molar-refractivity contribution in [2.24, 2.45) is 0 Å². The summed E-state index contributed by atoms with van der Waals surface area (Å²) in [6.45, 7) is 0.702. The minimum absolute atomic E-state index is 0.220. The second kappa shape index (κ2) is 7.09. The van der Waals surface area contributed by atoms with Crippen molar-refractivity contribution >= 4 is 0 Å². The molecule has 2 aromatic heterocycles. The number of nitriles is 1. The summed E-state index contributed by atoms with van der Waals surface area (Å²) in [6.07, 6.45) is 1.73. The van der Waals surface area contributed by atoms with Crippen LogP contribution in [0.4, 0.5) is 0 Å². The first-order valence-corrected chi connectivity index (χ1v) is 9.06. The van der Waals surface area contributed by atoms with Crippen molar-refractivity contribution < 1.29 is 9.47 Å². The van der Waals surface area contributed by atoms with E-state index in [-0.39, 0.29) is 6.79 Å². The van der Waals surface area contributed by atoms with Gasteiger partial charge in [0.2, 0.25) is 6.79 Å². The van der Waals surface area contributed by atoms with E-state index in [4.69, 9.17) is 24.9 Å². The third-order valence-electron chi connectivity index (χ3n) is 4.62. The molecule has 0 atom stereocenters. The van der Waals surface area contributed by atoms with Gasteiger partial charge in [0.25, 0.3) is 0 Å². The van der Waals surface area contributed by atoms with Crippen LogP contribution < -0.4 is 9.47 Å². The van der Waals surface area contributed by atoms with Crippen molar-refractivity contribution in [3.63, 3.8) is 0 Å². The van der Waals surface area contributed by atoms with E-state index < -0.39 is 0 Å². The molecule has 7 heteroatoms. The van der Waals surface area contributed by atoms with Gasteiger partial charge in [-0.1, -0.05) is 18.2 Å². The normalized spacial score (nSPS) is 12.0. The Kier molecular flexibility index (Phi) is 4.15. The lowest BCUT2D eigenvalue weighted by Gasteiger charge is -2.02. The summed E-state index contributed by atoms with van der Waals surface area (Å²) in [5.74, 6) is 1.41. The second-order valence-corrected chi connectivity index (χ2v) is 6.52. The zero-order chi connectivity index (χ0) is 19.6. The van der Waals surface area contributed by atoms with E-state index >= 15 is 0 Å². The molecule has 0 fully saturated rings. The molecule has 4 aromatic rings. The molecule has 5 rings (SSSR count). The van der Waals surface area contributed by atoms with Gasteiger partial charge in [0.15, 0.2) is 11.5 Å². The van der Waals surface area contributed by atoms with Gasteiger partial charge >= 0.3 is 0 Å². The average Bonchev–Trinajstić information content (AvgIpc) is 3.41. The molecule has 0 radical (unpaired) electrons. The fourth-order valence-corrected chi connectivity index (χ4v) is 3.18. The second-order valence-electron chi connectivity index (χ2n) is 6.52. The summed E-state index contributed by atoms with van der Waals surface area (Å²) in [6, 6.07) is 20.9. The summed E-state index contributed by atoms with van der Waals surface area (Å²) in [5, 5.41) is 18.4. The van der Waals surface area contributed by atoms with Gasteiger partial charge in [0, 0.05) is 11.8 Å². The lowest BCUT2D eigenvalue weighted by atomic mass is 10.1. The van der Waals surface area contributed by atoms with Crippen LogP contribution in [0.3, 0.4) is 0 Å². The molecule has 0 N–H and O–H groups in total. The summed E-state index contributed by atoms with van der Waals surface area (Å²) in [4.78, 5) is 6.09. The molecule has 2 aromatic carbocycles. The fourth-order valence-electron chi connectivity index (χ4n) is 3.18. The average molecular weight is 381 g/mol. The number of nitrogens with zero attached hydrogens (tertiary/aromatic N) is 5. The SMILES string of the molecule is N#Cc1ccc(Cn2nc(-c3ccc4c(c3)OCO4)c(-c3ccccn3)n2)cc1. The quantitative estimate of drug-likeness (QED) is 0.536. The van der Waals surface area contributed by atoms with Crippen molar-refractivity contribution in [1.82, 2.24) is 20.0 Å². The van der Waals surface area contributed by atoms with Crippen LogP contribution in [-0.4, -0.2) is 26.8 Å². The molecule has 29 heavy (non-hydrogen) atoms. The Balaban J connectivity index is 1.56. The summed E-state index contributed by atoms with van der Waals surface area (Å²) >= 11 is 0. The first-order chi connectivity index (χ1) is 14.3. The van der Waals surface area contributed by atoms with Gasteiger partial charge in [-0.3, -0.25) is 4.98 Å². The number of ether oxygens (including phenoxy) is 2. The van der Waals surface area contributed by atoms with Crippen LogP contribution in [0.15, 0.2) is 66.9 Å². The Morgan fingerprint density at radius 2 is 1.76 bits per heavy atom. The predicted octanol–water partition coefficient (Wildman–Crippen LogP) is 3.66. The molecule has 7 nitrogen and oxygen atoms in total. The first kappa shape index (κ1) is 17.0. The summed E-state index contributed by atoms with van der Waals surface area (Å²) < 4.78 is 10.9. The van der Waals surface area contributed by atoms with E-state index in [1.54, 1.807) is 23.1 Å². The topological polar surface area (TPSA) is 85.9 Å². The highest BCUT2D eigenvalue weighted by Crippen LogP contribution is 2.37. The van der Waals surface area contributed by atoms with Gasteiger partial charge in [-0.05, 0) is 48.0 Å². The predicted molar refractivity (Wildman–Crippen MR) is 105 cm³/mol. The van der Waals surface area contributed by atoms with Crippen LogP contribution >= 0.6 is 0 Å². The maximum atomic E-state index is 8.97. The number of hydrogen-bond donors (Lipinski definition) is 0. The third kappa shape index (κ3) is 3.28. The van der Waals surface area contributed by atoms with Crippen molar-refractivity contribution in [2.45, 2.75) is 6.54 Å². The Morgan fingerprint density at radius 3 is 2.55 bits per heavy atom. The minimum Gasteiger partial charge on any atom is -0.454 e. The fraction of sp³-hybridized carbons (Fsp3) is 0.0909. The van der Waals surface area contributed by atoms with Gasteiger partial charge in [-0.15, -0.1) is 0 Å². The number of rotatable bonds is 4. The molecule has 0 unspecified atom stereocenters. The third-order valence-corrected chi connectivity index (χ3v) is 4.62. The molecule has 0 saturated carbocycles. The standard InChI is InChI=1S/C22H15N5O2/c23-12-15-4-6-16(7-5-15)13-27-25-21(22(26-27)18-3-1-2-10-24-18)17-8-9-19-20(11-17)29-14-28-19/h1-11H,13-14H2. The summed E-state index contributed by atoms with van der Waals surface area (Å²) in [5.41, 5.74) is 4.65.